The summed E-state index contributed by atoms with van der Waals surface area (Å²) in [5, 5.41) is 2.91. The van der Waals surface area contributed by atoms with Crippen molar-refractivity contribution in [2.24, 2.45) is 11.1 Å². The van der Waals surface area contributed by atoms with Gasteiger partial charge in [-0.2, -0.15) is 0 Å². The third kappa shape index (κ3) is 2.19. The van der Waals surface area contributed by atoms with Gasteiger partial charge in [0, 0.05) is 4.88 Å². The van der Waals surface area contributed by atoms with E-state index in [2.05, 4.69) is 10.3 Å². The lowest BCUT2D eigenvalue weighted by molar-refractivity contribution is -0.130. The van der Waals surface area contributed by atoms with Crippen LogP contribution < -0.4 is 11.1 Å². The molecule has 0 atom stereocenters. The van der Waals surface area contributed by atoms with Gasteiger partial charge >= 0.3 is 0 Å². The first-order valence-corrected chi connectivity index (χ1v) is 6.82. The van der Waals surface area contributed by atoms with Gasteiger partial charge in [0.25, 0.3) is 0 Å². The number of hydrogen-bond acceptors (Lipinski definition) is 4. The maximum absolute atomic E-state index is 12.1. The standard InChI is InChI=1S/C11H15N3OS2/c1-7-8(17-6-14-7)5-13-10(15)11(9(12)16)3-2-4-11/h6H,2-5H2,1H3,(H2,12,16)(H,13,15). The van der Waals surface area contributed by atoms with E-state index in [9.17, 15) is 4.79 Å². The Balaban J connectivity index is 1.98. The molecule has 1 aliphatic rings. The quantitative estimate of drug-likeness (QED) is 0.813. The Labute approximate surface area is 110 Å². The highest BCUT2D eigenvalue weighted by Gasteiger charge is 2.46. The van der Waals surface area contributed by atoms with Crippen molar-refractivity contribution >= 4 is 34.5 Å². The fourth-order valence-electron chi connectivity index (χ4n) is 1.94. The number of thiocarbonyl (C=S) groups is 1. The summed E-state index contributed by atoms with van der Waals surface area (Å²) in [5.74, 6) is -0.0379. The van der Waals surface area contributed by atoms with Crippen molar-refractivity contribution in [1.82, 2.24) is 10.3 Å². The van der Waals surface area contributed by atoms with Gasteiger partial charge < -0.3 is 11.1 Å². The first-order valence-electron chi connectivity index (χ1n) is 5.53. The molecule has 0 aromatic carbocycles. The summed E-state index contributed by atoms with van der Waals surface area (Å²) >= 11 is 6.55. The van der Waals surface area contributed by atoms with E-state index >= 15 is 0 Å². The molecule has 1 saturated carbocycles. The van der Waals surface area contributed by atoms with Crippen molar-refractivity contribution < 1.29 is 4.79 Å². The minimum absolute atomic E-state index is 0.0379. The first kappa shape index (κ1) is 12.4. The summed E-state index contributed by atoms with van der Waals surface area (Å²) in [6, 6.07) is 0. The maximum atomic E-state index is 12.1. The number of rotatable bonds is 4. The van der Waals surface area contributed by atoms with Crippen LogP contribution in [0.25, 0.3) is 0 Å². The first-order chi connectivity index (χ1) is 8.06. The Morgan fingerprint density at radius 2 is 2.41 bits per heavy atom. The van der Waals surface area contributed by atoms with E-state index in [1.54, 1.807) is 16.8 Å². The fraction of sp³-hybridized carbons (Fsp3) is 0.545. The molecule has 92 valence electrons. The molecule has 3 N–H and O–H groups in total. The molecule has 0 spiro atoms. The van der Waals surface area contributed by atoms with Gasteiger partial charge in [-0.15, -0.1) is 11.3 Å². The van der Waals surface area contributed by atoms with Crippen molar-refractivity contribution in [3.8, 4) is 0 Å². The van der Waals surface area contributed by atoms with Gasteiger partial charge in [0.15, 0.2) is 0 Å². The third-order valence-electron chi connectivity index (χ3n) is 3.37. The van der Waals surface area contributed by atoms with Crippen molar-refractivity contribution in [3.63, 3.8) is 0 Å². The number of nitrogens with one attached hydrogen (secondary N) is 1. The normalized spacial score (nSPS) is 17.2. The second-order valence-electron chi connectivity index (χ2n) is 4.34. The average molecular weight is 269 g/mol. The molecule has 0 radical (unpaired) electrons. The van der Waals surface area contributed by atoms with Crippen LogP contribution in [0.4, 0.5) is 0 Å². The van der Waals surface area contributed by atoms with Crippen LogP contribution in [0.5, 0.6) is 0 Å². The summed E-state index contributed by atoms with van der Waals surface area (Å²) in [5.41, 5.74) is 7.83. The van der Waals surface area contributed by atoms with Crippen LogP contribution in [0.3, 0.4) is 0 Å². The number of amides is 1. The summed E-state index contributed by atoms with van der Waals surface area (Å²) in [6.45, 7) is 2.45. The van der Waals surface area contributed by atoms with Crippen molar-refractivity contribution in [1.29, 1.82) is 0 Å². The highest BCUT2D eigenvalue weighted by Crippen LogP contribution is 2.41. The highest BCUT2D eigenvalue weighted by atomic mass is 32.1. The van der Waals surface area contributed by atoms with Crippen LogP contribution in [-0.4, -0.2) is 15.9 Å². The smallest absolute Gasteiger partial charge is 0.233 e. The Kier molecular flexibility index (Phi) is 3.44. The molecular weight excluding hydrogens is 254 g/mol. The highest BCUT2D eigenvalue weighted by molar-refractivity contribution is 7.80. The molecule has 17 heavy (non-hydrogen) atoms. The molecule has 2 rings (SSSR count). The van der Waals surface area contributed by atoms with Gasteiger partial charge in [-0.3, -0.25) is 4.79 Å². The number of carbonyl (C=O) groups excluding carboxylic acids is 1. The van der Waals surface area contributed by atoms with E-state index in [4.69, 9.17) is 18.0 Å². The van der Waals surface area contributed by atoms with E-state index < -0.39 is 5.41 Å². The molecular formula is C11H15N3OS2. The summed E-state index contributed by atoms with van der Waals surface area (Å²) in [6.07, 6.45) is 2.57. The number of hydrogen-bond donors (Lipinski definition) is 2. The van der Waals surface area contributed by atoms with Crippen LogP contribution in [0, 0.1) is 12.3 Å². The largest absolute Gasteiger partial charge is 0.392 e. The Hall–Kier alpha value is -1.01. The van der Waals surface area contributed by atoms with Crippen molar-refractivity contribution in [2.75, 3.05) is 0 Å². The van der Waals surface area contributed by atoms with E-state index in [1.165, 1.54) is 0 Å². The Morgan fingerprint density at radius 3 is 2.82 bits per heavy atom. The number of aryl methyl sites for hydroxylation is 1. The second kappa shape index (κ2) is 4.70. The van der Waals surface area contributed by atoms with Crippen LogP contribution in [0.2, 0.25) is 0 Å². The molecule has 0 bridgehead atoms. The van der Waals surface area contributed by atoms with Gasteiger partial charge in [-0.1, -0.05) is 18.6 Å². The zero-order chi connectivity index (χ0) is 12.5. The van der Waals surface area contributed by atoms with E-state index in [0.717, 1.165) is 29.8 Å². The second-order valence-corrected chi connectivity index (χ2v) is 5.72. The molecule has 1 aromatic rings. The number of nitrogens with two attached hydrogens (primary N) is 1. The lowest BCUT2D eigenvalue weighted by Gasteiger charge is -2.39. The lowest BCUT2D eigenvalue weighted by Crippen LogP contribution is -2.52. The molecule has 0 aliphatic heterocycles. The Bertz CT molecular complexity index is 451. The SMILES string of the molecule is Cc1ncsc1CNC(=O)C1(C(N)=S)CCC1. The predicted octanol–water partition coefficient (Wildman–Crippen LogP) is 1.52. The van der Waals surface area contributed by atoms with Gasteiger partial charge in [-0.25, -0.2) is 4.98 Å². The number of thiazole rings is 1. The zero-order valence-corrected chi connectivity index (χ0v) is 11.3. The molecule has 4 nitrogen and oxygen atoms in total. The van der Waals surface area contributed by atoms with Crippen molar-refractivity contribution in [2.45, 2.75) is 32.7 Å². The molecule has 1 heterocycles. The van der Waals surface area contributed by atoms with Gasteiger partial charge in [0.05, 0.1) is 28.2 Å². The molecule has 1 amide bonds. The molecule has 1 aliphatic carbocycles. The van der Waals surface area contributed by atoms with E-state index in [1.807, 2.05) is 6.92 Å². The van der Waals surface area contributed by atoms with Crippen LogP contribution >= 0.6 is 23.6 Å². The topological polar surface area (TPSA) is 68.0 Å². The van der Waals surface area contributed by atoms with Crippen molar-refractivity contribution in [3.05, 3.63) is 16.1 Å². The maximum Gasteiger partial charge on any atom is 0.233 e. The molecule has 6 heteroatoms. The van der Waals surface area contributed by atoms with E-state index in [0.29, 0.717) is 11.5 Å². The van der Waals surface area contributed by atoms with Gasteiger partial charge in [0.2, 0.25) is 5.91 Å². The van der Waals surface area contributed by atoms with Gasteiger partial charge in [-0.05, 0) is 19.8 Å². The average Bonchev–Trinajstić information content (AvgIpc) is 2.58. The van der Waals surface area contributed by atoms with Gasteiger partial charge in [0.1, 0.15) is 0 Å². The lowest BCUT2D eigenvalue weighted by atomic mass is 9.68. The predicted molar refractivity (Wildman–Crippen MR) is 71.8 cm³/mol. The molecule has 1 fully saturated rings. The number of nitrogens with zero attached hydrogens (tertiary/aromatic N) is 1. The number of carbonyl (C=O) groups is 1. The molecule has 0 unspecified atom stereocenters. The van der Waals surface area contributed by atoms with Crippen LogP contribution in [-0.2, 0) is 11.3 Å². The summed E-state index contributed by atoms with van der Waals surface area (Å²) in [4.78, 5) is 17.6. The van der Waals surface area contributed by atoms with Crippen LogP contribution in [0.1, 0.15) is 29.8 Å². The fourth-order valence-corrected chi connectivity index (χ4v) is 2.95. The zero-order valence-electron chi connectivity index (χ0n) is 9.66. The Morgan fingerprint density at radius 1 is 1.71 bits per heavy atom. The minimum atomic E-state index is -0.589. The summed E-state index contributed by atoms with van der Waals surface area (Å²) in [7, 11) is 0. The summed E-state index contributed by atoms with van der Waals surface area (Å²) < 4.78 is 0. The minimum Gasteiger partial charge on any atom is -0.392 e. The number of aromatic nitrogens is 1. The monoisotopic (exact) mass is 269 g/mol. The van der Waals surface area contributed by atoms with E-state index in [-0.39, 0.29) is 5.91 Å². The van der Waals surface area contributed by atoms with Crippen LogP contribution in [0.15, 0.2) is 5.51 Å². The molecule has 0 saturated heterocycles. The molecule has 1 aromatic heterocycles. The third-order valence-corrected chi connectivity index (χ3v) is 4.69.